The second-order valence-corrected chi connectivity index (χ2v) is 5.85. The molecule has 3 N–H and O–H groups in total. The Morgan fingerprint density at radius 3 is 2.24 bits per heavy atom. The SMILES string of the molecule is CC(C)(C)OC(N)=O.CC1CCCC(CO)C1. The molecule has 0 heterocycles. The molecule has 1 saturated carbocycles. The van der Waals surface area contributed by atoms with Gasteiger partial charge in [-0.2, -0.15) is 0 Å². The van der Waals surface area contributed by atoms with Crippen molar-refractivity contribution < 1.29 is 14.6 Å². The van der Waals surface area contributed by atoms with Crippen molar-refractivity contribution in [2.75, 3.05) is 6.61 Å². The standard InChI is InChI=1S/C8H16O.C5H11NO2/c1-7-3-2-4-8(5-7)6-9;1-5(2,3)8-4(6)7/h7-9H,2-6H2,1H3;1-3H3,(H2,6,7). The number of ether oxygens (including phenoxy) is 1. The molecule has 0 spiro atoms. The molecular formula is C13H27NO3. The molecule has 0 bridgehead atoms. The fourth-order valence-electron chi connectivity index (χ4n) is 2.03. The monoisotopic (exact) mass is 245 g/mol. The second-order valence-electron chi connectivity index (χ2n) is 5.85. The summed E-state index contributed by atoms with van der Waals surface area (Å²) in [5.41, 5.74) is 4.26. The molecule has 0 aliphatic heterocycles. The number of carbonyl (C=O) groups excluding carboxylic acids is 1. The van der Waals surface area contributed by atoms with E-state index in [4.69, 9.17) is 10.8 Å². The van der Waals surface area contributed by atoms with Crippen molar-refractivity contribution in [1.82, 2.24) is 0 Å². The van der Waals surface area contributed by atoms with Crippen LogP contribution in [0.1, 0.15) is 53.4 Å². The minimum Gasteiger partial charge on any atom is -0.444 e. The first-order valence-corrected chi connectivity index (χ1v) is 6.34. The Hall–Kier alpha value is -0.770. The topological polar surface area (TPSA) is 72.5 Å². The van der Waals surface area contributed by atoms with Gasteiger partial charge in [0.25, 0.3) is 0 Å². The summed E-state index contributed by atoms with van der Waals surface area (Å²) in [7, 11) is 0. The third-order valence-electron chi connectivity index (χ3n) is 2.71. The van der Waals surface area contributed by atoms with Crippen molar-refractivity contribution in [2.45, 2.75) is 59.0 Å². The van der Waals surface area contributed by atoms with Gasteiger partial charge < -0.3 is 15.6 Å². The van der Waals surface area contributed by atoms with Crippen molar-refractivity contribution in [1.29, 1.82) is 0 Å². The predicted molar refractivity (Wildman–Crippen MR) is 68.6 cm³/mol. The lowest BCUT2D eigenvalue weighted by Gasteiger charge is -2.24. The molecule has 2 unspecified atom stereocenters. The Morgan fingerprint density at radius 2 is 2.00 bits per heavy atom. The van der Waals surface area contributed by atoms with Gasteiger partial charge in [0.1, 0.15) is 5.60 Å². The molecule has 4 nitrogen and oxygen atoms in total. The molecule has 0 aromatic rings. The number of primary amides is 1. The molecule has 0 aromatic carbocycles. The lowest BCUT2D eigenvalue weighted by Crippen LogP contribution is -2.27. The highest BCUT2D eigenvalue weighted by Crippen LogP contribution is 2.27. The summed E-state index contributed by atoms with van der Waals surface area (Å²) in [6.07, 6.45) is 4.47. The van der Waals surface area contributed by atoms with Crippen molar-refractivity contribution >= 4 is 6.09 Å². The average Bonchev–Trinajstić information content (AvgIpc) is 2.14. The first-order chi connectivity index (χ1) is 7.74. The van der Waals surface area contributed by atoms with Gasteiger partial charge in [0.15, 0.2) is 0 Å². The van der Waals surface area contributed by atoms with Gasteiger partial charge in [-0.15, -0.1) is 0 Å². The highest BCUT2D eigenvalue weighted by Gasteiger charge is 2.17. The van der Waals surface area contributed by atoms with E-state index in [-0.39, 0.29) is 0 Å². The van der Waals surface area contributed by atoms with Crippen LogP contribution in [0.4, 0.5) is 4.79 Å². The zero-order valence-corrected chi connectivity index (χ0v) is 11.5. The summed E-state index contributed by atoms with van der Waals surface area (Å²) < 4.78 is 4.58. The Kier molecular flexibility index (Phi) is 7.19. The van der Waals surface area contributed by atoms with Crippen LogP contribution in [0.3, 0.4) is 0 Å². The van der Waals surface area contributed by atoms with Gasteiger partial charge in [0.2, 0.25) is 0 Å². The van der Waals surface area contributed by atoms with Crippen LogP contribution in [0.2, 0.25) is 0 Å². The summed E-state index contributed by atoms with van der Waals surface area (Å²) in [4.78, 5) is 10.0. The van der Waals surface area contributed by atoms with Crippen LogP contribution < -0.4 is 5.73 Å². The van der Waals surface area contributed by atoms with E-state index in [1.54, 1.807) is 20.8 Å². The van der Waals surface area contributed by atoms with Crippen LogP contribution in [-0.4, -0.2) is 23.4 Å². The first kappa shape index (κ1) is 16.2. The quantitative estimate of drug-likeness (QED) is 0.746. The molecule has 0 aromatic heterocycles. The van der Waals surface area contributed by atoms with Gasteiger partial charge in [-0.3, -0.25) is 0 Å². The predicted octanol–water partition coefficient (Wildman–Crippen LogP) is 2.69. The molecule has 1 amide bonds. The molecule has 0 radical (unpaired) electrons. The Labute approximate surface area is 105 Å². The molecule has 4 heteroatoms. The van der Waals surface area contributed by atoms with Crippen LogP contribution in [0.15, 0.2) is 0 Å². The van der Waals surface area contributed by atoms with E-state index < -0.39 is 11.7 Å². The van der Waals surface area contributed by atoms with Crippen molar-refractivity contribution in [3.63, 3.8) is 0 Å². The fourth-order valence-corrected chi connectivity index (χ4v) is 2.03. The number of amides is 1. The summed E-state index contributed by atoms with van der Waals surface area (Å²) in [6.45, 7) is 7.97. The van der Waals surface area contributed by atoms with Crippen LogP contribution >= 0.6 is 0 Å². The van der Waals surface area contributed by atoms with Crippen LogP contribution in [0, 0.1) is 11.8 Å². The number of carbonyl (C=O) groups is 1. The van der Waals surface area contributed by atoms with Crippen molar-refractivity contribution in [3.05, 3.63) is 0 Å². The van der Waals surface area contributed by atoms with E-state index in [1.807, 2.05) is 0 Å². The molecule has 0 saturated heterocycles. The Bertz CT molecular complexity index is 223. The van der Waals surface area contributed by atoms with Crippen LogP contribution in [0.25, 0.3) is 0 Å². The summed E-state index contributed by atoms with van der Waals surface area (Å²) in [5, 5.41) is 8.81. The lowest BCUT2D eigenvalue weighted by molar-refractivity contribution is 0.0600. The van der Waals surface area contributed by atoms with E-state index >= 15 is 0 Å². The van der Waals surface area contributed by atoms with E-state index in [1.165, 1.54) is 25.7 Å². The number of hydrogen-bond acceptors (Lipinski definition) is 3. The molecule has 1 rings (SSSR count). The first-order valence-electron chi connectivity index (χ1n) is 6.34. The largest absolute Gasteiger partial charge is 0.444 e. The van der Waals surface area contributed by atoms with E-state index in [9.17, 15) is 4.79 Å². The van der Waals surface area contributed by atoms with Gasteiger partial charge in [0.05, 0.1) is 0 Å². The molecule has 1 aliphatic carbocycles. The fraction of sp³-hybridized carbons (Fsp3) is 0.923. The van der Waals surface area contributed by atoms with Gasteiger partial charge in [-0.25, -0.2) is 4.79 Å². The number of aliphatic hydroxyl groups is 1. The number of rotatable bonds is 1. The smallest absolute Gasteiger partial charge is 0.405 e. The normalized spacial score (nSPS) is 24.5. The maximum absolute atomic E-state index is 10.0. The Balaban J connectivity index is 0.000000304. The number of nitrogens with two attached hydrogens (primary N) is 1. The van der Waals surface area contributed by atoms with Gasteiger partial charge >= 0.3 is 6.09 Å². The third kappa shape index (κ3) is 10.1. The zero-order chi connectivity index (χ0) is 13.5. The molecular weight excluding hydrogens is 218 g/mol. The summed E-state index contributed by atoms with van der Waals surface area (Å²) in [6, 6.07) is 0. The summed E-state index contributed by atoms with van der Waals surface area (Å²) >= 11 is 0. The van der Waals surface area contributed by atoms with Gasteiger partial charge in [-0.05, 0) is 45.4 Å². The van der Waals surface area contributed by atoms with Crippen LogP contribution in [-0.2, 0) is 4.74 Å². The summed E-state index contributed by atoms with van der Waals surface area (Å²) in [5.74, 6) is 1.48. The molecule has 2 atom stereocenters. The van der Waals surface area contributed by atoms with Crippen molar-refractivity contribution in [2.24, 2.45) is 17.6 Å². The minimum atomic E-state index is -0.725. The van der Waals surface area contributed by atoms with Crippen molar-refractivity contribution in [3.8, 4) is 0 Å². The highest BCUT2D eigenvalue weighted by atomic mass is 16.6. The van der Waals surface area contributed by atoms with Crippen LogP contribution in [0.5, 0.6) is 0 Å². The van der Waals surface area contributed by atoms with E-state index in [0.29, 0.717) is 12.5 Å². The average molecular weight is 245 g/mol. The number of aliphatic hydroxyl groups excluding tert-OH is 1. The minimum absolute atomic E-state index is 0.407. The number of hydrogen-bond donors (Lipinski definition) is 2. The molecule has 1 aliphatic rings. The lowest BCUT2D eigenvalue weighted by atomic mass is 9.83. The van der Waals surface area contributed by atoms with E-state index in [0.717, 1.165) is 5.92 Å². The van der Waals surface area contributed by atoms with E-state index in [2.05, 4.69) is 11.7 Å². The maximum Gasteiger partial charge on any atom is 0.405 e. The Morgan fingerprint density at radius 1 is 1.41 bits per heavy atom. The van der Waals surface area contributed by atoms with Gasteiger partial charge in [-0.1, -0.05) is 19.8 Å². The second kappa shape index (κ2) is 7.54. The van der Waals surface area contributed by atoms with Gasteiger partial charge in [0, 0.05) is 6.61 Å². The highest BCUT2D eigenvalue weighted by molar-refractivity contribution is 5.65. The maximum atomic E-state index is 10.0. The zero-order valence-electron chi connectivity index (χ0n) is 11.5. The third-order valence-corrected chi connectivity index (χ3v) is 2.71. The molecule has 17 heavy (non-hydrogen) atoms. The molecule has 1 fully saturated rings. The molecule has 102 valence electrons.